The fourth-order valence-electron chi connectivity index (χ4n) is 3.29. The van der Waals surface area contributed by atoms with Gasteiger partial charge in [0.25, 0.3) is 0 Å². The lowest BCUT2D eigenvalue weighted by Crippen LogP contribution is -2.59. The molecule has 0 fully saturated rings. The van der Waals surface area contributed by atoms with Crippen LogP contribution in [0.5, 0.6) is 0 Å². The van der Waals surface area contributed by atoms with Crippen LogP contribution in [0.15, 0.2) is 18.2 Å². The summed E-state index contributed by atoms with van der Waals surface area (Å²) < 4.78 is 0. The minimum absolute atomic E-state index is 0.141. The first-order valence-electron chi connectivity index (χ1n) is 7.76. The molecule has 1 atom stereocenters. The first kappa shape index (κ1) is 18.8. The average molecular weight is 331 g/mol. The monoisotopic (exact) mass is 330 g/mol. The standard InChI is InChI=1S/C17H28Cl2N2/c1-6-17(7-2,21(4)5)16(20-8-3)12-13-9-10-14(18)15(19)11-13/h9-11,16,20H,6-8,12H2,1-5H3. The summed E-state index contributed by atoms with van der Waals surface area (Å²) >= 11 is 12.2. The number of nitrogens with zero attached hydrogens (tertiary/aromatic N) is 1. The Kier molecular flexibility index (Phi) is 7.49. The van der Waals surface area contributed by atoms with Crippen molar-refractivity contribution < 1.29 is 0 Å². The highest BCUT2D eigenvalue weighted by Crippen LogP contribution is 2.30. The Bertz CT molecular complexity index is 442. The molecular formula is C17H28Cl2N2. The third-order valence-electron chi connectivity index (χ3n) is 4.64. The summed E-state index contributed by atoms with van der Waals surface area (Å²) in [6.07, 6.45) is 3.16. The predicted octanol–water partition coefficient (Wildman–Crippen LogP) is 4.63. The van der Waals surface area contributed by atoms with Crippen LogP contribution in [0.2, 0.25) is 10.0 Å². The molecule has 120 valence electrons. The molecule has 0 bridgehead atoms. The second kappa shape index (κ2) is 8.38. The molecule has 0 aromatic heterocycles. The van der Waals surface area contributed by atoms with Gasteiger partial charge in [-0.3, -0.25) is 0 Å². The summed E-state index contributed by atoms with van der Waals surface area (Å²) in [5.74, 6) is 0. The second-order valence-electron chi connectivity index (χ2n) is 5.77. The van der Waals surface area contributed by atoms with E-state index in [1.807, 2.05) is 12.1 Å². The molecule has 4 heteroatoms. The first-order chi connectivity index (χ1) is 9.91. The highest BCUT2D eigenvalue weighted by atomic mass is 35.5. The molecule has 1 unspecified atom stereocenters. The van der Waals surface area contributed by atoms with Crippen molar-refractivity contribution in [1.82, 2.24) is 10.2 Å². The van der Waals surface area contributed by atoms with Crippen LogP contribution in [-0.2, 0) is 6.42 Å². The maximum absolute atomic E-state index is 6.16. The van der Waals surface area contributed by atoms with Crippen LogP contribution >= 0.6 is 23.2 Å². The highest BCUT2D eigenvalue weighted by Gasteiger charge is 2.37. The molecule has 0 amide bonds. The van der Waals surface area contributed by atoms with Crippen molar-refractivity contribution in [3.05, 3.63) is 33.8 Å². The summed E-state index contributed by atoms with van der Waals surface area (Å²) in [6, 6.07) is 6.33. The summed E-state index contributed by atoms with van der Waals surface area (Å²) in [4.78, 5) is 2.36. The fourth-order valence-corrected chi connectivity index (χ4v) is 3.61. The van der Waals surface area contributed by atoms with Crippen LogP contribution in [0, 0.1) is 0 Å². The van der Waals surface area contributed by atoms with E-state index < -0.39 is 0 Å². The molecule has 0 aliphatic carbocycles. The minimum Gasteiger partial charge on any atom is -0.312 e. The lowest BCUT2D eigenvalue weighted by Gasteiger charge is -2.45. The Hall–Kier alpha value is -0.280. The van der Waals surface area contributed by atoms with Crippen molar-refractivity contribution >= 4 is 23.2 Å². The summed E-state index contributed by atoms with van der Waals surface area (Å²) in [6.45, 7) is 7.65. The number of nitrogens with one attached hydrogen (secondary N) is 1. The fraction of sp³-hybridized carbons (Fsp3) is 0.647. The molecule has 1 aromatic rings. The van der Waals surface area contributed by atoms with Crippen LogP contribution in [0.25, 0.3) is 0 Å². The van der Waals surface area contributed by atoms with E-state index in [-0.39, 0.29) is 5.54 Å². The third kappa shape index (κ3) is 4.35. The minimum atomic E-state index is 0.141. The van der Waals surface area contributed by atoms with E-state index >= 15 is 0 Å². The summed E-state index contributed by atoms with van der Waals surface area (Å²) in [7, 11) is 4.35. The lowest BCUT2D eigenvalue weighted by atomic mass is 9.80. The largest absolute Gasteiger partial charge is 0.312 e. The number of likely N-dealkylation sites (N-methyl/N-ethyl adjacent to an activating group) is 2. The average Bonchev–Trinajstić information content (AvgIpc) is 2.44. The van der Waals surface area contributed by atoms with Gasteiger partial charge in [0, 0.05) is 11.6 Å². The van der Waals surface area contributed by atoms with Gasteiger partial charge in [-0.05, 0) is 57.6 Å². The number of halogens is 2. The molecule has 0 saturated heterocycles. The molecule has 0 aliphatic rings. The molecule has 1 aromatic carbocycles. The van der Waals surface area contributed by atoms with E-state index in [9.17, 15) is 0 Å². The Morgan fingerprint density at radius 2 is 1.71 bits per heavy atom. The van der Waals surface area contributed by atoms with Gasteiger partial charge in [-0.25, -0.2) is 0 Å². The molecule has 21 heavy (non-hydrogen) atoms. The molecular weight excluding hydrogens is 303 g/mol. The third-order valence-corrected chi connectivity index (χ3v) is 5.38. The molecule has 0 radical (unpaired) electrons. The Morgan fingerprint density at radius 3 is 2.14 bits per heavy atom. The Morgan fingerprint density at radius 1 is 1.10 bits per heavy atom. The van der Waals surface area contributed by atoms with Crippen LogP contribution in [0.3, 0.4) is 0 Å². The van der Waals surface area contributed by atoms with E-state index in [0.29, 0.717) is 16.1 Å². The number of benzene rings is 1. The van der Waals surface area contributed by atoms with Gasteiger partial charge in [0.2, 0.25) is 0 Å². The zero-order chi connectivity index (χ0) is 16.0. The first-order valence-corrected chi connectivity index (χ1v) is 8.51. The van der Waals surface area contributed by atoms with Crippen molar-refractivity contribution in [1.29, 1.82) is 0 Å². The van der Waals surface area contributed by atoms with Crippen molar-refractivity contribution in [2.45, 2.75) is 51.6 Å². The van der Waals surface area contributed by atoms with Crippen molar-refractivity contribution in [3.63, 3.8) is 0 Å². The smallest absolute Gasteiger partial charge is 0.0595 e. The van der Waals surface area contributed by atoms with Gasteiger partial charge in [0.1, 0.15) is 0 Å². The number of rotatable bonds is 8. The van der Waals surface area contributed by atoms with Crippen LogP contribution in [0.1, 0.15) is 39.2 Å². The molecule has 2 nitrogen and oxygen atoms in total. The maximum atomic E-state index is 6.16. The van der Waals surface area contributed by atoms with Crippen LogP contribution in [0.4, 0.5) is 0 Å². The van der Waals surface area contributed by atoms with Gasteiger partial charge in [0.05, 0.1) is 10.0 Å². The molecule has 0 spiro atoms. The van der Waals surface area contributed by atoms with E-state index in [1.54, 1.807) is 0 Å². The van der Waals surface area contributed by atoms with Gasteiger partial charge in [-0.2, -0.15) is 0 Å². The van der Waals surface area contributed by atoms with Gasteiger partial charge >= 0.3 is 0 Å². The SMILES string of the molecule is CCNC(Cc1ccc(Cl)c(Cl)c1)C(CC)(CC)N(C)C. The zero-order valence-electron chi connectivity index (χ0n) is 13.8. The predicted molar refractivity (Wildman–Crippen MR) is 94.6 cm³/mol. The van der Waals surface area contributed by atoms with Gasteiger partial charge in [-0.1, -0.05) is 50.0 Å². The Labute approximate surface area is 139 Å². The topological polar surface area (TPSA) is 15.3 Å². The zero-order valence-corrected chi connectivity index (χ0v) is 15.4. The summed E-state index contributed by atoms with van der Waals surface area (Å²) in [5, 5.41) is 4.92. The molecule has 1 N–H and O–H groups in total. The van der Waals surface area contributed by atoms with Crippen LogP contribution < -0.4 is 5.32 Å². The van der Waals surface area contributed by atoms with E-state index in [0.717, 1.165) is 25.8 Å². The second-order valence-corrected chi connectivity index (χ2v) is 6.58. The molecule has 0 heterocycles. The van der Waals surface area contributed by atoms with E-state index in [4.69, 9.17) is 23.2 Å². The maximum Gasteiger partial charge on any atom is 0.0595 e. The highest BCUT2D eigenvalue weighted by molar-refractivity contribution is 6.42. The van der Waals surface area contributed by atoms with Crippen molar-refractivity contribution in [2.24, 2.45) is 0 Å². The molecule has 1 rings (SSSR count). The van der Waals surface area contributed by atoms with Crippen molar-refractivity contribution in [2.75, 3.05) is 20.6 Å². The quantitative estimate of drug-likeness (QED) is 0.747. The van der Waals surface area contributed by atoms with E-state index in [2.05, 4.69) is 51.1 Å². The number of hydrogen-bond acceptors (Lipinski definition) is 2. The van der Waals surface area contributed by atoms with Crippen molar-refractivity contribution in [3.8, 4) is 0 Å². The van der Waals surface area contributed by atoms with Crippen LogP contribution in [-0.4, -0.2) is 37.1 Å². The normalized spacial score (nSPS) is 13.7. The summed E-state index contributed by atoms with van der Waals surface area (Å²) in [5.41, 5.74) is 1.37. The Balaban J connectivity index is 3.07. The van der Waals surface area contributed by atoms with Gasteiger partial charge in [-0.15, -0.1) is 0 Å². The van der Waals surface area contributed by atoms with Gasteiger partial charge in [0.15, 0.2) is 0 Å². The lowest BCUT2D eigenvalue weighted by molar-refractivity contribution is 0.0889. The molecule has 0 aliphatic heterocycles. The molecule has 0 saturated carbocycles. The number of hydrogen-bond donors (Lipinski definition) is 1. The van der Waals surface area contributed by atoms with Gasteiger partial charge < -0.3 is 10.2 Å². The van der Waals surface area contributed by atoms with E-state index in [1.165, 1.54) is 5.56 Å².